The Hall–Kier alpha value is -1.45. The molecule has 2 atom stereocenters. The summed E-state index contributed by atoms with van der Waals surface area (Å²) in [4.78, 5) is 30.1. The third kappa shape index (κ3) is 2.46. The molecule has 0 saturated heterocycles. The molecule has 1 aromatic carbocycles. The van der Waals surface area contributed by atoms with E-state index in [0.717, 1.165) is 37.1 Å². The first-order valence-corrected chi connectivity index (χ1v) is 9.14. The van der Waals surface area contributed by atoms with Crippen LogP contribution in [0.2, 0.25) is 10.0 Å². The number of benzene rings is 1. The van der Waals surface area contributed by atoms with Gasteiger partial charge in [-0.15, -0.1) is 0 Å². The van der Waals surface area contributed by atoms with E-state index in [2.05, 4.69) is 0 Å². The number of rotatable bonds is 1. The van der Waals surface area contributed by atoms with Gasteiger partial charge in [0.2, 0.25) is 0 Å². The number of carbonyl (C=O) groups excluding carboxylic acids is 2. The van der Waals surface area contributed by atoms with E-state index in [1.165, 1.54) is 0 Å². The van der Waals surface area contributed by atoms with Gasteiger partial charge in [-0.05, 0) is 43.4 Å². The van der Waals surface area contributed by atoms with Gasteiger partial charge in [-0.3, -0.25) is 14.6 Å². The Morgan fingerprint density at radius 3 is 2.38 bits per heavy atom. The molecule has 0 aromatic heterocycles. The highest BCUT2D eigenvalue weighted by atomic mass is 35.5. The maximum Gasteiger partial charge on any atom is 0.161 e. The van der Waals surface area contributed by atoms with E-state index in [1.807, 2.05) is 0 Å². The van der Waals surface area contributed by atoms with Crippen molar-refractivity contribution < 1.29 is 9.59 Å². The number of hydrogen-bond acceptors (Lipinski definition) is 3. The van der Waals surface area contributed by atoms with Crippen molar-refractivity contribution in [2.24, 2.45) is 10.9 Å². The number of halogens is 2. The van der Waals surface area contributed by atoms with E-state index in [1.54, 1.807) is 18.2 Å². The number of aliphatic imine (C=N–C) groups is 1. The molecule has 2 aliphatic carbocycles. The average molecular weight is 362 g/mol. The number of ketones is 2. The van der Waals surface area contributed by atoms with E-state index in [4.69, 9.17) is 28.2 Å². The summed E-state index contributed by atoms with van der Waals surface area (Å²) >= 11 is 12.9. The smallest absolute Gasteiger partial charge is 0.161 e. The zero-order valence-corrected chi connectivity index (χ0v) is 14.7. The SMILES string of the molecule is O=C1CCCC2=C1[C@@H](c1c(Cl)cccc1Cl)C1C(=O)CCCC1=N2. The molecule has 4 rings (SSSR count). The summed E-state index contributed by atoms with van der Waals surface area (Å²) in [6.07, 6.45) is 4.26. The van der Waals surface area contributed by atoms with Crippen molar-refractivity contribution >= 4 is 40.5 Å². The van der Waals surface area contributed by atoms with E-state index in [0.29, 0.717) is 34.0 Å². The minimum Gasteiger partial charge on any atom is -0.299 e. The first-order chi connectivity index (χ1) is 11.6. The number of fused-ring (bicyclic) bond motifs is 1. The van der Waals surface area contributed by atoms with Gasteiger partial charge in [0.15, 0.2) is 5.78 Å². The van der Waals surface area contributed by atoms with E-state index < -0.39 is 5.92 Å². The molecule has 1 fully saturated rings. The van der Waals surface area contributed by atoms with Crippen LogP contribution in [0.15, 0.2) is 34.5 Å². The van der Waals surface area contributed by atoms with Crippen LogP contribution in [0.1, 0.15) is 50.0 Å². The molecule has 0 N–H and O–H groups in total. The Balaban J connectivity index is 1.97. The van der Waals surface area contributed by atoms with Crippen LogP contribution in [0.5, 0.6) is 0 Å². The fraction of sp³-hybridized carbons (Fsp3) is 0.421. The van der Waals surface area contributed by atoms with Crippen molar-refractivity contribution in [3.05, 3.63) is 45.1 Å². The predicted octanol–water partition coefficient (Wildman–Crippen LogP) is 4.91. The third-order valence-electron chi connectivity index (χ3n) is 5.22. The lowest BCUT2D eigenvalue weighted by Crippen LogP contribution is -2.39. The number of nitrogens with zero attached hydrogens (tertiary/aromatic N) is 1. The van der Waals surface area contributed by atoms with Gasteiger partial charge in [-0.2, -0.15) is 0 Å². The highest BCUT2D eigenvalue weighted by Gasteiger charge is 2.45. The number of Topliss-reactive ketones (excluding diaryl/α,β-unsaturated/α-hetero) is 2. The van der Waals surface area contributed by atoms with Gasteiger partial charge in [-0.25, -0.2) is 0 Å². The maximum absolute atomic E-state index is 12.7. The predicted molar refractivity (Wildman–Crippen MR) is 94.9 cm³/mol. The molecule has 0 spiro atoms. The van der Waals surface area contributed by atoms with Crippen LogP contribution in [0.25, 0.3) is 0 Å². The standard InChI is InChI=1S/C19H17Cl2NO2/c20-10-4-1-5-11(21)16(10)19-17-12(6-2-8-14(17)23)22-13-7-3-9-15(24)18(13)19/h1,4-5,17,19H,2-3,6-9H2/t17?,19-/m0/s1. The number of carbonyl (C=O) groups is 2. The highest BCUT2D eigenvalue weighted by molar-refractivity contribution is 6.36. The van der Waals surface area contributed by atoms with Gasteiger partial charge < -0.3 is 0 Å². The first-order valence-electron chi connectivity index (χ1n) is 8.38. The van der Waals surface area contributed by atoms with Crippen molar-refractivity contribution in [1.29, 1.82) is 0 Å². The van der Waals surface area contributed by atoms with Crippen molar-refractivity contribution in [3.8, 4) is 0 Å². The minimum atomic E-state index is -0.392. The topological polar surface area (TPSA) is 46.5 Å². The molecule has 1 aliphatic heterocycles. The second-order valence-electron chi connectivity index (χ2n) is 6.65. The molecule has 1 saturated carbocycles. The summed E-state index contributed by atoms with van der Waals surface area (Å²) in [5.74, 6) is -0.546. The molecule has 5 heteroatoms. The fourth-order valence-electron chi connectivity index (χ4n) is 4.22. The monoisotopic (exact) mass is 361 g/mol. The summed E-state index contributed by atoms with van der Waals surface area (Å²) < 4.78 is 0. The summed E-state index contributed by atoms with van der Waals surface area (Å²) in [6, 6.07) is 5.33. The lowest BCUT2D eigenvalue weighted by molar-refractivity contribution is -0.122. The van der Waals surface area contributed by atoms with Gasteiger partial charge in [-0.1, -0.05) is 29.3 Å². The molecule has 124 valence electrons. The summed E-state index contributed by atoms with van der Waals surface area (Å²) in [5.41, 5.74) is 3.12. The Labute approximate surface area is 150 Å². The number of hydrogen-bond donors (Lipinski definition) is 0. The second kappa shape index (κ2) is 6.12. The van der Waals surface area contributed by atoms with Crippen LogP contribution in [-0.4, -0.2) is 17.3 Å². The molecule has 1 heterocycles. The van der Waals surface area contributed by atoms with Gasteiger partial charge in [0.1, 0.15) is 5.78 Å². The molecular formula is C19H17Cl2NO2. The van der Waals surface area contributed by atoms with Crippen LogP contribution >= 0.6 is 23.2 Å². The highest BCUT2D eigenvalue weighted by Crippen LogP contribution is 2.49. The van der Waals surface area contributed by atoms with Crippen molar-refractivity contribution in [3.63, 3.8) is 0 Å². The normalized spacial score (nSPS) is 26.8. The molecule has 0 bridgehead atoms. The molecule has 1 aromatic rings. The zero-order valence-electron chi connectivity index (χ0n) is 13.1. The Morgan fingerprint density at radius 2 is 1.62 bits per heavy atom. The average Bonchev–Trinajstić information content (AvgIpc) is 2.54. The second-order valence-corrected chi connectivity index (χ2v) is 7.47. The molecule has 1 unspecified atom stereocenters. The van der Waals surface area contributed by atoms with E-state index in [9.17, 15) is 9.59 Å². The molecular weight excluding hydrogens is 345 g/mol. The third-order valence-corrected chi connectivity index (χ3v) is 5.88. The molecule has 3 nitrogen and oxygen atoms in total. The molecule has 24 heavy (non-hydrogen) atoms. The largest absolute Gasteiger partial charge is 0.299 e. The van der Waals surface area contributed by atoms with E-state index >= 15 is 0 Å². The van der Waals surface area contributed by atoms with Crippen LogP contribution in [0, 0.1) is 5.92 Å². The summed E-state index contributed by atoms with van der Waals surface area (Å²) in [7, 11) is 0. The Kier molecular flexibility index (Phi) is 4.09. The lowest BCUT2D eigenvalue weighted by Gasteiger charge is -2.38. The van der Waals surface area contributed by atoms with Crippen molar-refractivity contribution in [1.82, 2.24) is 0 Å². The molecule has 3 aliphatic rings. The van der Waals surface area contributed by atoms with Crippen LogP contribution in [0.4, 0.5) is 0 Å². The zero-order chi connectivity index (χ0) is 16.8. The molecule has 0 radical (unpaired) electrons. The van der Waals surface area contributed by atoms with Crippen LogP contribution < -0.4 is 0 Å². The van der Waals surface area contributed by atoms with Gasteiger partial charge >= 0.3 is 0 Å². The Bertz CT molecular complexity index is 789. The van der Waals surface area contributed by atoms with E-state index in [-0.39, 0.29) is 17.5 Å². The number of allylic oxidation sites excluding steroid dienone is 2. The van der Waals surface area contributed by atoms with Gasteiger partial charge in [0.05, 0.1) is 5.92 Å². The minimum absolute atomic E-state index is 0.0819. The van der Waals surface area contributed by atoms with Crippen molar-refractivity contribution in [2.75, 3.05) is 0 Å². The fourth-order valence-corrected chi connectivity index (χ4v) is 4.85. The first kappa shape index (κ1) is 16.0. The van der Waals surface area contributed by atoms with Gasteiger partial charge in [0.25, 0.3) is 0 Å². The quantitative estimate of drug-likeness (QED) is 0.713. The molecule has 0 amide bonds. The van der Waals surface area contributed by atoms with Gasteiger partial charge in [0, 0.05) is 45.8 Å². The summed E-state index contributed by atoms with van der Waals surface area (Å²) in [6.45, 7) is 0. The van der Waals surface area contributed by atoms with Crippen LogP contribution in [0.3, 0.4) is 0 Å². The Morgan fingerprint density at radius 1 is 0.917 bits per heavy atom. The van der Waals surface area contributed by atoms with Crippen molar-refractivity contribution in [2.45, 2.75) is 44.4 Å². The maximum atomic E-state index is 12.7. The summed E-state index contributed by atoms with van der Waals surface area (Å²) in [5, 5.41) is 1.02. The lowest BCUT2D eigenvalue weighted by atomic mass is 9.67. The van der Waals surface area contributed by atoms with Crippen LogP contribution in [-0.2, 0) is 9.59 Å².